The second-order valence-corrected chi connectivity index (χ2v) is 16.4. The molecule has 8 aromatic carbocycles. The van der Waals surface area contributed by atoms with Crippen LogP contribution in [0.25, 0.3) is 121 Å². The molecule has 62 heavy (non-hydrogen) atoms. The van der Waals surface area contributed by atoms with Crippen LogP contribution in [0.4, 0.5) is 0 Å². The average Bonchev–Trinajstić information content (AvgIpc) is 3.95. The molecule has 12 rings (SSSR count). The highest BCUT2D eigenvalue weighted by Crippen LogP contribution is 2.50. The number of hydrogen-bond acceptors (Lipinski definition) is 6. The number of furan rings is 1. The smallest absolute Gasteiger partial charge is 0.164 e. The Kier molecular flexibility index (Phi) is 8.61. The summed E-state index contributed by atoms with van der Waals surface area (Å²) in [6, 6.07) is 71.3. The molecule has 4 heterocycles. The molecule has 12 aromatic rings. The first-order chi connectivity index (χ1) is 30.7. The average molecular weight is 811 g/mol. The standard InChI is InChI=1S/C56H34N4OS/c1-4-16-35(17-5-1)40-22-14-23-41(34-40)56-59-54(38-20-8-3-9-21-38)58-55(60-56)39-32-30-36(31-33-39)48-49-50(37-18-6-2-7-19-37)57-46-28-12-10-25-44(46)51(49)61-52(48)45-27-15-26-43-42-24-11-13-29-47(42)62-53(43)45/h1-34H. The van der Waals surface area contributed by atoms with Gasteiger partial charge in [0.25, 0.3) is 0 Å². The van der Waals surface area contributed by atoms with Crippen LogP contribution >= 0.6 is 11.3 Å². The van der Waals surface area contributed by atoms with Crippen LogP contribution in [0.3, 0.4) is 0 Å². The Morgan fingerprint density at radius 3 is 1.65 bits per heavy atom. The summed E-state index contributed by atoms with van der Waals surface area (Å²) in [5.41, 5.74) is 11.6. The van der Waals surface area contributed by atoms with Gasteiger partial charge in [-0.05, 0) is 47.0 Å². The third-order valence-electron chi connectivity index (χ3n) is 11.5. The van der Waals surface area contributed by atoms with Gasteiger partial charge in [0.1, 0.15) is 11.3 Å². The van der Waals surface area contributed by atoms with Crippen molar-refractivity contribution in [3.63, 3.8) is 0 Å². The summed E-state index contributed by atoms with van der Waals surface area (Å²) in [7, 11) is 0. The SMILES string of the molecule is c1ccc(-c2cccc(-c3nc(-c4ccccc4)nc(-c4ccc(-c5c(-c6cccc7c6sc6ccccc67)oc6c5c(-c5ccccc5)nc5ccccc56)cc4)n3)c2)cc1. The Labute approximate surface area is 361 Å². The first kappa shape index (κ1) is 35.8. The van der Waals surface area contributed by atoms with Gasteiger partial charge in [-0.25, -0.2) is 19.9 Å². The summed E-state index contributed by atoms with van der Waals surface area (Å²) in [4.78, 5) is 20.6. The zero-order valence-electron chi connectivity index (χ0n) is 33.2. The van der Waals surface area contributed by atoms with Gasteiger partial charge in [-0.15, -0.1) is 11.3 Å². The summed E-state index contributed by atoms with van der Waals surface area (Å²) in [5.74, 6) is 2.63. The van der Waals surface area contributed by atoms with Crippen molar-refractivity contribution in [2.75, 3.05) is 0 Å². The molecule has 5 nitrogen and oxygen atoms in total. The summed E-state index contributed by atoms with van der Waals surface area (Å²) in [5, 5.41) is 4.40. The van der Waals surface area contributed by atoms with E-state index in [1.54, 1.807) is 11.3 Å². The lowest BCUT2D eigenvalue weighted by Crippen LogP contribution is -2.00. The highest BCUT2D eigenvalue weighted by atomic mass is 32.1. The molecular weight excluding hydrogens is 777 g/mol. The van der Waals surface area contributed by atoms with E-state index in [2.05, 4.69) is 158 Å². The number of nitrogens with zero attached hydrogens (tertiary/aromatic N) is 4. The summed E-state index contributed by atoms with van der Waals surface area (Å²) in [6.45, 7) is 0. The van der Waals surface area contributed by atoms with Gasteiger partial charge in [0.2, 0.25) is 0 Å². The second kappa shape index (κ2) is 14.9. The van der Waals surface area contributed by atoms with Gasteiger partial charge in [-0.2, -0.15) is 0 Å². The number of pyridine rings is 1. The molecule has 0 fully saturated rings. The number of rotatable bonds is 7. The van der Waals surface area contributed by atoms with E-state index in [4.69, 9.17) is 24.4 Å². The van der Waals surface area contributed by atoms with Crippen molar-refractivity contribution in [3.05, 3.63) is 206 Å². The molecule has 0 bridgehead atoms. The lowest BCUT2D eigenvalue weighted by molar-refractivity contribution is 0.636. The third-order valence-corrected chi connectivity index (χ3v) is 12.8. The molecule has 0 radical (unpaired) electrons. The molecular formula is C56H34N4OS. The molecule has 0 aliphatic heterocycles. The minimum absolute atomic E-state index is 0.593. The summed E-state index contributed by atoms with van der Waals surface area (Å²) in [6.07, 6.45) is 0. The molecule has 0 aliphatic rings. The van der Waals surface area contributed by atoms with E-state index in [1.165, 1.54) is 20.2 Å². The van der Waals surface area contributed by atoms with Gasteiger partial charge in [0.15, 0.2) is 17.5 Å². The molecule has 0 N–H and O–H groups in total. The predicted octanol–water partition coefficient (Wildman–Crippen LogP) is 15.2. The van der Waals surface area contributed by atoms with Crippen LogP contribution in [0, 0.1) is 0 Å². The zero-order valence-corrected chi connectivity index (χ0v) is 34.1. The molecule has 0 saturated heterocycles. The van der Waals surface area contributed by atoms with Crippen LogP contribution in [0.15, 0.2) is 211 Å². The molecule has 0 amide bonds. The maximum absolute atomic E-state index is 7.24. The van der Waals surface area contributed by atoms with Crippen LogP contribution in [0.2, 0.25) is 0 Å². The Balaban J connectivity index is 1.07. The summed E-state index contributed by atoms with van der Waals surface area (Å²) < 4.78 is 9.67. The van der Waals surface area contributed by atoms with Crippen molar-refractivity contribution < 1.29 is 4.42 Å². The normalized spacial score (nSPS) is 11.5. The number of fused-ring (bicyclic) bond motifs is 6. The van der Waals surface area contributed by atoms with Crippen LogP contribution in [-0.2, 0) is 0 Å². The van der Waals surface area contributed by atoms with Gasteiger partial charge in [0, 0.05) is 58.9 Å². The van der Waals surface area contributed by atoms with Gasteiger partial charge in [0.05, 0.1) is 16.6 Å². The van der Waals surface area contributed by atoms with Crippen LogP contribution in [0.5, 0.6) is 0 Å². The largest absolute Gasteiger partial charge is 0.455 e. The maximum Gasteiger partial charge on any atom is 0.164 e. The lowest BCUT2D eigenvalue weighted by Gasteiger charge is -2.11. The van der Waals surface area contributed by atoms with E-state index in [1.807, 2.05) is 48.5 Å². The Bertz CT molecular complexity index is 3620. The summed E-state index contributed by atoms with van der Waals surface area (Å²) >= 11 is 1.80. The van der Waals surface area contributed by atoms with Crippen molar-refractivity contribution in [1.29, 1.82) is 0 Å². The van der Waals surface area contributed by atoms with Crippen molar-refractivity contribution in [2.45, 2.75) is 0 Å². The van der Waals surface area contributed by atoms with Crippen molar-refractivity contribution in [3.8, 4) is 79.0 Å². The van der Waals surface area contributed by atoms with E-state index in [0.717, 1.165) is 83.4 Å². The number of aromatic nitrogens is 4. The molecule has 0 spiro atoms. The van der Waals surface area contributed by atoms with Crippen LogP contribution < -0.4 is 0 Å². The van der Waals surface area contributed by atoms with Crippen LogP contribution in [0.1, 0.15) is 0 Å². The highest BCUT2D eigenvalue weighted by Gasteiger charge is 2.26. The van der Waals surface area contributed by atoms with Gasteiger partial charge in [-0.1, -0.05) is 176 Å². The zero-order chi connectivity index (χ0) is 41.0. The quantitative estimate of drug-likeness (QED) is 0.160. The van der Waals surface area contributed by atoms with E-state index in [-0.39, 0.29) is 0 Å². The van der Waals surface area contributed by atoms with Gasteiger partial charge >= 0.3 is 0 Å². The third kappa shape index (κ3) is 6.16. The number of hydrogen-bond donors (Lipinski definition) is 0. The second-order valence-electron chi connectivity index (χ2n) is 15.3. The van der Waals surface area contributed by atoms with E-state index < -0.39 is 0 Å². The maximum atomic E-state index is 7.24. The van der Waals surface area contributed by atoms with E-state index in [9.17, 15) is 0 Å². The predicted molar refractivity (Wildman–Crippen MR) is 256 cm³/mol. The lowest BCUT2D eigenvalue weighted by atomic mass is 9.94. The van der Waals surface area contributed by atoms with Crippen molar-refractivity contribution >= 4 is 53.4 Å². The Morgan fingerprint density at radius 2 is 0.903 bits per heavy atom. The minimum atomic E-state index is 0.593. The molecule has 4 aromatic heterocycles. The fourth-order valence-corrected chi connectivity index (χ4v) is 9.80. The Morgan fingerprint density at radius 1 is 0.371 bits per heavy atom. The molecule has 0 saturated carbocycles. The monoisotopic (exact) mass is 810 g/mol. The minimum Gasteiger partial charge on any atom is -0.455 e. The topological polar surface area (TPSA) is 64.7 Å². The molecule has 0 aliphatic carbocycles. The fourth-order valence-electron chi connectivity index (χ4n) is 8.59. The number of benzene rings is 8. The van der Waals surface area contributed by atoms with Gasteiger partial charge in [-0.3, -0.25) is 0 Å². The Hall–Kier alpha value is -8.06. The molecule has 290 valence electrons. The van der Waals surface area contributed by atoms with Crippen LogP contribution in [-0.4, -0.2) is 19.9 Å². The first-order valence-electron chi connectivity index (χ1n) is 20.6. The van der Waals surface area contributed by atoms with Crippen molar-refractivity contribution in [2.24, 2.45) is 0 Å². The van der Waals surface area contributed by atoms with E-state index in [0.29, 0.717) is 17.5 Å². The highest BCUT2D eigenvalue weighted by molar-refractivity contribution is 7.26. The number of para-hydroxylation sites is 1. The molecule has 0 unspecified atom stereocenters. The van der Waals surface area contributed by atoms with Crippen molar-refractivity contribution in [1.82, 2.24) is 19.9 Å². The van der Waals surface area contributed by atoms with E-state index >= 15 is 0 Å². The molecule has 6 heteroatoms. The first-order valence-corrected chi connectivity index (χ1v) is 21.4. The fraction of sp³-hybridized carbons (Fsp3) is 0. The molecule has 0 atom stereocenters. The van der Waals surface area contributed by atoms with Gasteiger partial charge < -0.3 is 4.42 Å². The number of thiophene rings is 1.